The number of alkyl halides is 3. The van der Waals surface area contributed by atoms with Crippen LogP contribution in [-0.4, -0.2) is 38.2 Å². The molecule has 3 N–H and O–H groups in total. The molecule has 0 heterocycles. The third kappa shape index (κ3) is 8.02. The third-order valence-corrected chi connectivity index (χ3v) is 4.87. The Morgan fingerprint density at radius 3 is 2.33 bits per heavy atom. The van der Waals surface area contributed by atoms with E-state index in [2.05, 4.69) is 16.0 Å². The topological polar surface area (TPSA) is 88.7 Å². The Bertz CT molecular complexity index is 1180. The minimum atomic E-state index is -4.52. The zero-order valence-electron chi connectivity index (χ0n) is 19.5. The van der Waals surface area contributed by atoms with E-state index in [-0.39, 0.29) is 23.7 Å². The van der Waals surface area contributed by atoms with E-state index in [1.54, 1.807) is 24.3 Å². The Morgan fingerprint density at radius 1 is 0.861 bits per heavy atom. The molecule has 0 bridgehead atoms. The summed E-state index contributed by atoms with van der Waals surface area (Å²) in [6.07, 6.45) is -4.52. The van der Waals surface area contributed by atoms with Crippen LogP contribution in [-0.2, 0) is 15.7 Å². The van der Waals surface area contributed by atoms with Gasteiger partial charge in [0.05, 0.1) is 24.4 Å². The fraction of sp³-hybridized carbons (Fsp3) is 0.231. The minimum Gasteiger partial charge on any atom is -0.489 e. The van der Waals surface area contributed by atoms with Crippen LogP contribution in [0.3, 0.4) is 0 Å². The summed E-state index contributed by atoms with van der Waals surface area (Å²) in [7, 11) is 0. The van der Waals surface area contributed by atoms with Crippen molar-refractivity contribution in [3.63, 3.8) is 0 Å². The van der Waals surface area contributed by atoms with Crippen molar-refractivity contribution >= 4 is 28.9 Å². The number of hydrogen-bond donors (Lipinski definition) is 3. The van der Waals surface area contributed by atoms with E-state index in [0.717, 1.165) is 12.1 Å². The van der Waals surface area contributed by atoms with Crippen molar-refractivity contribution in [1.29, 1.82) is 0 Å². The summed E-state index contributed by atoms with van der Waals surface area (Å²) in [6, 6.07) is 17.6. The number of anilines is 3. The predicted octanol–water partition coefficient (Wildman–Crippen LogP) is 5.42. The maximum atomic E-state index is 12.9. The molecule has 0 aromatic heterocycles. The molecule has 36 heavy (non-hydrogen) atoms. The Hall–Kier alpha value is -4.05. The monoisotopic (exact) mass is 501 g/mol. The van der Waals surface area contributed by atoms with E-state index in [1.165, 1.54) is 24.3 Å². The first-order chi connectivity index (χ1) is 17.3. The molecule has 0 spiro atoms. The number of hydrogen-bond acceptors (Lipinski definition) is 5. The predicted molar refractivity (Wildman–Crippen MR) is 131 cm³/mol. The summed E-state index contributed by atoms with van der Waals surface area (Å²) < 4.78 is 49.7. The fourth-order valence-electron chi connectivity index (χ4n) is 3.19. The lowest BCUT2D eigenvalue weighted by Gasteiger charge is -2.13. The van der Waals surface area contributed by atoms with Gasteiger partial charge in [0.15, 0.2) is 0 Å². The van der Waals surface area contributed by atoms with Crippen LogP contribution in [0.2, 0.25) is 0 Å². The Morgan fingerprint density at radius 2 is 1.58 bits per heavy atom. The molecule has 7 nitrogen and oxygen atoms in total. The highest BCUT2D eigenvalue weighted by Crippen LogP contribution is 2.30. The molecule has 0 fully saturated rings. The van der Waals surface area contributed by atoms with E-state index >= 15 is 0 Å². The van der Waals surface area contributed by atoms with Gasteiger partial charge < -0.3 is 25.4 Å². The number of rotatable bonds is 11. The molecule has 3 aromatic carbocycles. The smallest absolute Gasteiger partial charge is 0.416 e. The standard InChI is InChI=1S/C26H26F3N3O4/c1-2-35-13-14-36-23-12-4-3-11-22(23)30-17-24(33)31-20-9-5-7-18(15-20)25(34)32-21-10-6-8-19(16-21)26(27,28)29/h3-12,15-16,30H,2,13-14,17H2,1H3,(H,31,33)(H,32,34). The number of carbonyl (C=O) groups excluding carboxylic acids is 2. The number of amides is 2. The van der Waals surface area contributed by atoms with Crippen LogP contribution in [0.25, 0.3) is 0 Å². The summed E-state index contributed by atoms with van der Waals surface area (Å²) >= 11 is 0. The van der Waals surface area contributed by atoms with E-state index in [9.17, 15) is 22.8 Å². The van der Waals surface area contributed by atoms with Crippen molar-refractivity contribution in [2.75, 3.05) is 42.3 Å². The molecule has 0 aliphatic rings. The third-order valence-electron chi connectivity index (χ3n) is 4.87. The second-order valence-corrected chi connectivity index (χ2v) is 7.56. The van der Waals surface area contributed by atoms with Crippen LogP contribution in [0, 0.1) is 0 Å². The molecule has 2 amide bonds. The first kappa shape index (κ1) is 26.6. The maximum Gasteiger partial charge on any atom is 0.416 e. The van der Waals surface area contributed by atoms with Crippen molar-refractivity contribution in [3.8, 4) is 5.75 Å². The van der Waals surface area contributed by atoms with Gasteiger partial charge in [-0.3, -0.25) is 9.59 Å². The number of carbonyl (C=O) groups is 2. The highest BCUT2D eigenvalue weighted by molar-refractivity contribution is 6.05. The van der Waals surface area contributed by atoms with Crippen molar-refractivity contribution in [3.05, 3.63) is 83.9 Å². The van der Waals surface area contributed by atoms with Crippen LogP contribution in [0.15, 0.2) is 72.8 Å². The fourth-order valence-corrected chi connectivity index (χ4v) is 3.19. The zero-order chi connectivity index (χ0) is 26.0. The molecule has 3 rings (SSSR count). The minimum absolute atomic E-state index is 0.00982. The second kappa shape index (κ2) is 12.6. The average Bonchev–Trinajstić information content (AvgIpc) is 2.86. The number of para-hydroxylation sites is 2. The van der Waals surface area contributed by atoms with Crippen LogP contribution in [0.1, 0.15) is 22.8 Å². The van der Waals surface area contributed by atoms with Crippen LogP contribution in [0.5, 0.6) is 5.75 Å². The van der Waals surface area contributed by atoms with Gasteiger partial charge in [-0.1, -0.05) is 24.3 Å². The lowest BCUT2D eigenvalue weighted by Crippen LogP contribution is -2.22. The highest BCUT2D eigenvalue weighted by Gasteiger charge is 2.30. The summed E-state index contributed by atoms with van der Waals surface area (Å²) in [5, 5.41) is 8.14. The SMILES string of the molecule is CCOCCOc1ccccc1NCC(=O)Nc1cccc(C(=O)Nc2cccc(C(F)(F)F)c2)c1. The number of nitrogens with one attached hydrogen (secondary N) is 3. The Labute approximate surface area is 206 Å². The van der Waals surface area contributed by atoms with Crippen molar-refractivity contribution < 1.29 is 32.2 Å². The van der Waals surface area contributed by atoms with Gasteiger partial charge in [-0.05, 0) is 55.5 Å². The molecule has 0 aliphatic carbocycles. The van der Waals surface area contributed by atoms with Gasteiger partial charge in [0, 0.05) is 23.5 Å². The average molecular weight is 502 g/mol. The van der Waals surface area contributed by atoms with Gasteiger partial charge in [-0.2, -0.15) is 13.2 Å². The van der Waals surface area contributed by atoms with Gasteiger partial charge in [-0.15, -0.1) is 0 Å². The molecular weight excluding hydrogens is 475 g/mol. The van der Waals surface area contributed by atoms with E-state index in [1.807, 2.05) is 19.1 Å². The number of ether oxygens (including phenoxy) is 2. The van der Waals surface area contributed by atoms with Crippen molar-refractivity contribution in [2.24, 2.45) is 0 Å². The Balaban J connectivity index is 1.57. The maximum absolute atomic E-state index is 12.9. The summed E-state index contributed by atoms with van der Waals surface area (Å²) in [6.45, 7) is 3.24. The molecule has 0 saturated carbocycles. The van der Waals surface area contributed by atoms with Crippen LogP contribution >= 0.6 is 0 Å². The van der Waals surface area contributed by atoms with Gasteiger partial charge in [-0.25, -0.2) is 0 Å². The number of halogens is 3. The first-order valence-corrected chi connectivity index (χ1v) is 11.2. The van der Waals surface area contributed by atoms with Crippen molar-refractivity contribution in [2.45, 2.75) is 13.1 Å². The molecule has 0 aliphatic heterocycles. The molecule has 0 unspecified atom stereocenters. The Kier molecular flexibility index (Phi) is 9.29. The van der Waals surface area contributed by atoms with Crippen LogP contribution in [0.4, 0.5) is 30.2 Å². The highest BCUT2D eigenvalue weighted by atomic mass is 19.4. The summed E-state index contributed by atoms with van der Waals surface area (Å²) in [5.74, 6) is -0.394. The van der Waals surface area contributed by atoms with Gasteiger partial charge in [0.25, 0.3) is 5.91 Å². The van der Waals surface area contributed by atoms with Gasteiger partial charge >= 0.3 is 6.18 Å². The first-order valence-electron chi connectivity index (χ1n) is 11.2. The lowest BCUT2D eigenvalue weighted by atomic mass is 10.1. The van der Waals surface area contributed by atoms with E-state index < -0.39 is 17.6 Å². The normalized spacial score (nSPS) is 11.0. The van der Waals surface area contributed by atoms with Crippen molar-refractivity contribution in [1.82, 2.24) is 0 Å². The summed E-state index contributed by atoms with van der Waals surface area (Å²) in [5.41, 5.74) is 0.315. The molecular formula is C26H26F3N3O4. The molecule has 10 heteroatoms. The summed E-state index contributed by atoms with van der Waals surface area (Å²) in [4.78, 5) is 25.0. The second-order valence-electron chi connectivity index (χ2n) is 7.56. The molecule has 190 valence electrons. The van der Waals surface area contributed by atoms with Crippen LogP contribution < -0.4 is 20.7 Å². The molecule has 0 radical (unpaired) electrons. The van der Waals surface area contributed by atoms with E-state index in [4.69, 9.17) is 9.47 Å². The zero-order valence-corrected chi connectivity index (χ0v) is 19.5. The van der Waals surface area contributed by atoms with Gasteiger partial charge in [0.1, 0.15) is 12.4 Å². The molecule has 0 atom stereocenters. The number of benzene rings is 3. The quantitative estimate of drug-likeness (QED) is 0.305. The van der Waals surface area contributed by atoms with Gasteiger partial charge in [0.2, 0.25) is 5.91 Å². The van der Waals surface area contributed by atoms with E-state index in [0.29, 0.717) is 36.9 Å². The molecule has 0 saturated heterocycles. The molecule has 3 aromatic rings. The lowest BCUT2D eigenvalue weighted by molar-refractivity contribution is -0.137. The largest absolute Gasteiger partial charge is 0.489 e.